The number of methoxy groups -OCH3 is 1. The number of nitrogens with zero attached hydrogens (tertiary/aromatic N) is 2. The number of ether oxygens (including phenoxy) is 1. The third-order valence-electron chi connectivity index (χ3n) is 3.70. The lowest BCUT2D eigenvalue weighted by molar-refractivity contribution is 0.0712. The fourth-order valence-corrected chi connectivity index (χ4v) is 2.48. The summed E-state index contributed by atoms with van der Waals surface area (Å²) in [5.74, 6) is 1.96. The lowest BCUT2D eigenvalue weighted by Crippen LogP contribution is -2.34. The van der Waals surface area contributed by atoms with E-state index in [1.54, 1.807) is 18.1 Å². The summed E-state index contributed by atoms with van der Waals surface area (Å²) in [5.41, 5.74) is 1.39. The van der Waals surface area contributed by atoms with E-state index in [9.17, 15) is 4.79 Å². The minimum Gasteiger partial charge on any atom is -0.497 e. The number of amides is 1. The van der Waals surface area contributed by atoms with Gasteiger partial charge < -0.3 is 14.2 Å². The highest BCUT2D eigenvalue weighted by Crippen LogP contribution is 2.19. The number of hydrogen-bond donors (Lipinski definition) is 0. The molecule has 130 valence electrons. The molecule has 0 bridgehead atoms. The number of carbonyl (C=O) groups is 1. The summed E-state index contributed by atoms with van der Waals surface area (Å²) in [7, 11) is 1.64. The van der Waals surface area contributed by atoms with Crippen LogP contribution in [0, 0.1) is 5.92 Å². The van der Waals surface area contributed by atoms with Crippen molar-refractivity contribution in [2.24, 2.45) is 5.92 Å². The second kappa shape index (κ2) is 7.99. The summed E-state index contributed by atoms with van der Waals surface area (Å²) in [6.45, 7) is 9.37. The molecule has 0 saturated carbocycles. The Morgan fingerprint density at radius 1 is 1.25 bits per heavy atom. The molecule has 24 heavy (non-hydrogen) atoms. The summed E-state index contributed by atoms with van der Waals surface area (Å²) in [4.78, 5) is 14.7. The maximum Gasteiger partial charge on any atom is 0.276 e. The van der Waals surface area contributed by atoms with Crippen molar-refractivity contribution in [3.8, 4) is 5.75 Å². The summed E-state index contributed by atoms with van der Waals surface area (Å²) < 4.78 is 10.5. The first-order chi connectivity index (χ1) is 11.4. The monoisotopic (exact) mass is 330 g/mol. The highest BCUT2D eigenvalue weighted by Gasteiger charge is 2.22. The van der Waals surface area contributed by atoms with Gasteiger partial charge in [0.05, 0.1) is 7.11 Å². The molecule has 0 unspecified atom stereocenters. The van der Waals surface area contributed by atoms with Crippen LogP contribution in [0.5, 0.6) is 5.75 Å². The molecular formula is C19H26N2O3. The third-order valence-corrected chi connectivity index (χ3v) is 3.70. The molecule has 0 aliphatic rings. The van der Waals surface area contributed by atoms with Crippen molar-refractivity contribution in [2.45, 2.75) is 40.2 Å². The number of benzene rings is 1. The van der Waals surface area contributed by atoms with Gasteiger partial charge in [-0.3, -0.25) is 4.79 Å². The minimum absolute atomic E-state index is 0.109. The van der Waals surface area contributed by atoms with Crippen LogP contribution in [0.1, 0.15) is 55.4 Å². The zero-order valence-corrected chi connectivity index (χ0v) is 15.1. The zero-order chi connectivity index (χ0) is 17.7. The summed E-state index contributed by atoms with van der Waals surface area (Å²) in [6.07, 6.45) is 0. The van der Waals surface area contributed by atoms with E-state index < -0.39 is 0 Å². The smallest absolute Gasteiger partial charge is 0.276 e. The van der Waals surface area contributed by atoms with Crippen molar-refractivity contribution in [1.29, 1.82) is 0 Å². The van der Waals surface area contributed by atoms with Crippen molar-refractivity contribution >= 4 is 5.91 Å². The number of aromatic nitrogens is 1. The van der Waals surface area contributed by atoms with Gasteiger partial charge in [-0.1, -0.05) is 45.0 Å². The predicted octanol–water partition coefficient (Wildman–Crippen LogP) is 4.11. The average molecular weight is 330 g/mol. The largest absolute Gasteiger partial charge is 0.497 e. The highest BCUT2D eigenvalue weighted by molar-refractivity contribution is 5.92. The second-order valence-corrected chi connectivity index (χ2v) is 6.70. The fraction of sp³-hybridized carbons (Fsp3) is 0.474. The van der Waals surface area contributed by atoms with Gasteiger partial charge in [-0.2, -0.15) is 0 Å². The van der Waals surface area contributed by atoms with Crippen LogP contribution in [0.4, 0.5) is 0 Å². The van der Waals surface area contributed by atoms with E-state index in [1.807, 2.05) is 38.1 Å². The molecule has 1 heterocycles. The van der Waals surface area contributed by atoms with Gasteiger partial charge >= 0.3 is 0 Å². The van der Waals surface area contributed by atoms with Crippen LogP contribution in [-0.2, 0) is 6.54 Å². The Bertz CT molecular complexity index is 677. The molecule has 5 heteroatoms. The van der Waals surface area contributed by atoms with Crippen LogP contribution >= 0.6 is 0 Å². The van der Waals surface area contributed by atoms with Crippen LogP contribution in [0.25, 0.3) is 0 Å². The van der Waals surface area contributed by atoms with Gasteiger partial charge in [0, 0.05) is 25.1 Å². The maximum atomic E-state index is 12.8. The van der Waals surface area contributed by atoms with Crippen molar-refractivity contribution in [3.05, 3.63) is 47.3 Å². The Kier molecular flexibility index (Phi) is 6.01. The normalized spacial score (nSPS) is 11.1. The van der Waals surface area contributed by atoms with Crippen molar-refractivity contribution < 1.29 is 14.1 Å². The Morgan fingerprint density at radius 3 is 2.58 bits per heavy atom. The Balaban J connectivity index is 2.21. The van der Waals surface area contributed by atoms with Gasteiger partial charge in [0.2, 0.25) is 0 Å². The van der Waals surface area contributed by atoms with Crippen molar-refractivity contribution in [1.82, 2.24) is 10.1 Å². The van der Waals surface area contributed by atoms with Crippen LogP contribution in [0.15, 0.2) is 34.9 Å². The van der Waals surface area contributed by atoms with E-state index in [1.165, 1.54) is 0 Å². The molecule has 0 radical (unpaired) electrons. The molecule has 0 N–H and O–H groups in total. The molecule has 0 fully saturated rings. The molecular weight excluding hydrogens is 304 g/mol. The van der Waals surface area contributed by atoms with Gasteiger partial charge in [-0.15, -0.1) is 0 Å². The molecule has 1 amide bonds. The van der Waals surface area contributed by atoms with E-state index >= 15 is 0 Å². The van der Waals surface area contributed by atoms with Gasteiger partial charge in [0.25, 0.3) is 5.91 Å². The van der Waals surface area contributed by atoms with E-state index in [-0.39, 0.29) is 11.8 Å². The summed E-state index contributed by atoms with van der Waals surface area (Å²) >= 11 is 0. The first-order valence-corrected chi connectivity index (χ1v) is 8.29. The van der Waals surface area contributed by atoms with Gasteiger partial charge in [0.15, 0.2) is 5.69 Å². The summed E-state index contributed by atoms with van der Waals surface area (Å²) in [5, 5.41) is 3.95. The molecule has 1 aromatic carbocycles. The molecule has 1 aromatic heterocycles. The number of carbonyl (C=O) groups excluding carboxylic acids is 1. The average Bonchev–Trinajstić information content (AvgIpc) is 3.03. The van der Waals surface area contributed by atoms with Crippen molar-refractivity contribution in [3.63, 3.8) is 0 Å². The molecule has 0 spiro atoms. The first-order valence-electron chi connectivity index (χ1n) is 8.29. The number of hydrogen-bond acceptors (Lipinski definition) is 4. The summed E-state index contributed by atoms with van der Waals surface area (Å²) in [6, 6.07) is 9.50. The molecule has 5 nitrogen and oxygen atoms in total. The minimum atomic E-state index is -0.109. The predicted molar refractivity (Wildman–Crippen MR) is 93.2 cm³/mol. The van der Waals surface area contributed by atoms with E-state index in [4.69, 9.17) is 9.26 Å². The molecule has 0 atom stereocenters. The van der Waals surface area contributed by atoms with Gasteiger partial charge in [0.1, 0.15) is 11.5 Å². The second-order valence-electron chi connectivity index (χ2n) is 6.70. The van der Waals surface area contributed by atoms with Crippen LogP contribution in [0.3, 0.4) is 0 Å². The standard InChI is InChI=1S/C19H26N2O3/c1-13(2)11-21(12-15-7-6-8-16(9-15)23-5)19(22)17-10-18(14(3)4)24-20-17/h6-10,13-14H,11-12H2,1-5H3. The fourth-order valence-electron chi connectivity index (χ4n) is 2.48. The topological polar surface area (TPSA) is 55.6 Å². The third kappa shape index (κ3) is 4.60. The first kappa shape index (κ1) is 18.0. The molecule has 0 saturated heterocycles. The Hall–Kier alpha value is -2.30. The van der Waals surface area contributed by atoms with Gasteiger partial charge in [-0.05, 0) is 23.6 Å². The van der Waals surface area contributed by atoms with E-state index in [2.05, 4.69) is 19.0 Å². The van der Waals surface area contributed by atoms with E-state index in [0.717, 1.165) is 17.1 Å². The molecule has 2 aromatic rings. The lowest BCUT2D eigenvalue weighted by atomic mass is 10.1. The Morgan fingerprint density at radius 2 is 2.00 bits per heavy atom. The number of rotatable bonds is 7. The molecule has 0 aliphatic heterocycles. The van der Waals surface area contributed by atoms with Crippen molar-refractivity contribution in [2.75, 3.05) is 13.7 Å². The molecule has 0 aliphatic carbocycles. The Labute approximate surface area is 143 Å². The highest BCUT2D eigenvalue weighted by atomic mass is 16.5. The van der Waals surface area contributed by atoms with Gasteiger partial charge in [-0.25, -0.2) is 0 Å². The quantitative estimate of drug-likeness (QED) is 0.767. The van der Waals surface area contributed by atoms with Crippen LogP contribution < -0.4 is 4.74 Å². The molecule has 2 rings (SSSR count). The van der Waals surface area contributed by atoms with Crippen LogP contribution in [-0.4, -0.2) is 29.6 Å². The maximum absolute atomic E-state index is 12.8. The van der Waals surface area contributed by atoms with Crippen LogP contribution in [0.2, 0.25) is 0 Å². The van der Waals surface area contributed by atoms with E-state index in [0.29, 0.717) is 24.7 Å². The SMILES string of the molecule is COc1cccc(CN(CC(C)C)C(=O)c2cc(C(C)C)on2)c1. The zero-order valence-electron chi connectivity index (χ0n) is 15.1. The lowest BCUT2D eigenvalue weighted by Gasteiger charge is -2.24.